The number of rotatable bonds is 10. The number of nitrogens with one attached hydrogen (secondary N) is 3. The van der Waals surface area contributed by atoms with E-state index in [2.05, 4.69) is 20.9 Å². The number of piperazine rings is 1. The van der Waals surface area contributed by atoms with Crippen LogP contribution in [0.3, 0.4) is 0 Å². The van der Waals surface area contributed by atoms with Crippen LogP contribution in [0, 0.1) is 0 Å². The highest BCUT2D eigenvalue weighted by Gasteiger charge is 2.13. The third-order valence-corrected chi connectivity index (χ3v) is 4.38. The largest absolute Gasteiger partial charge is 0.493 e. The summed E-state index contributed by atoms with van der Waals surface area (Å²) in [6.45, 7) is 9.44. The first-order valence-electron chi connectivity index (χ1n) is 9.81. The van der Waals surface area contributed by atoms with Crippen LogP contribution in [-0.4, -0.2) is 75.7 Å². The Morgan fingerprint density at radius 3 is 2.59 bits per heavy atom. The summed E-state index contributed by atoms with van der Waals surface area (Å²) in [5.74, 6) is 0.494. The molecule has 2 rings (SSSR count). The lowest BCUT2D eigenvalue weighted by Crippen LogP contribution is -2.44. The minimum atomic E-state index is -0.205. The van der Waals surface area contributed by atoms with Gasteiger partial charge in [-0.2, -0.15) is 0 Å². The van der Waals surface area contributed by atoms with Crippen LogP contribution < -0.4 is 25.4 Å². The third-order valence-electron chi connectivity index (χ3n) is 4.38. The number of methoxy groups -OCH3 is 1. The molecule has 29 heavy (non-hydrogen) atoms. The van der Waals surface area contributed by atoms with E-state index in [1.807, 2.05) is 13.8 Å². The van der Waals surface area contributed by atoms with E-state index in [0.29, 0.717) is 23.6 Å². The molecule has 9 heteroatoms. The first kappa shape index (κ1) is 25.0. The van der Waals surface area contributed by atoms with Crippen molar-refractivity contribution in [3.05, 3.63) is 23.8 Å². The summed E-state index contributed by atoms with van der Waals surface area (Å²) < 4.78 is 10.8. The number of nitrogens with zero attached hydrogens (tertiary/aromatic N) is 1. The maximum Gasteiger partial charge on any atom is 0.258 e. The van der Waals surface area contributed by atoms with Gasteiger partial charge in [0.2, 0.25) is 0 Å². The van der Waals surface area contributed by atoms with Crippen molar-refractivity contribution >= 4 is 24.2 Å². The van der Waals surface area contributed by atoms with E-state index in [9.17, 15) is 9.59 Å². The average Bonchev–Trinajstić information content (AvgIpc) is 2.69. The molecule has 0 radical (unpaired) electrons. The number of carbonyl (C=O) groups excluding carboxylic acids is 2. The molecule has 0 aliphatic carbocycles. The maximum atomic E-state index is 12.4. The van der Waals surface area contributed by atoms with Crippen molar-refractivity contribution in [2.45, 2.75) is 26.3 Å². The summed E-state index contributed by atoms with van der Waals surface area (Å²) in [4.78, 5) is 26.5. The second-order valence-corrected chi connectivity index (χ2v) is 7.08. The zero-order valence-electron chi connectivity index (χ0n) is 17.5. The van der Waals surface area contributed by atoms with Gasteiger partial charge in [0.1, 0.15) is 0 Å². The van der Waals surface area contributed by atoms with Gasteiger partial charge in [-0.15, -0.1) is 12.4 Å². The van der Waals surface area contributed by atoms with Crippen LogP contribution in [0.5, 0.6) is 11.5 Å². The van der Waals surface area contributed by atoms with Gasteiger partial charge in [-0.3, -0.25) is 9.59 Å². The summed E-state index contributed by atoms with van der Waals surface area (Å²) in [6.07, 6.45) is 0.912. The van der Waals surface area contributed by atoms with Gasteiger partial charge in [0.25, 0.3) is 11.8 Å². The fraction of sp³-hybridized carbons (Fsp3) is 0.600. The standard InChI is InChI=1S/C20H32N4O4.ClH/c1-15(2)23-19(25)14-28-17-6-5-16(13-18(17)27-3)20(26)22-7-4-10-24-11-8-21-9-12-24;/h5-6,13,15,21H,4,7-12,14H2,1-3H3,(H,22,26)(H,23,25);1H. The Labute approximate surface area is 179 Å². The van der Waals surface area contributed by atoms with Gasteiger partial charge in [-0.05, 0) is 45.0 Å². The molecule has 1 aliphatic heterocycles. The summed E-state index contributed by atoms with van der Waals surface area (Å²) in [7, 11) is 1.51. The van der Waals surface area contributed by atoms with Crippen molar-refractivity contribution in [1.82, 2.24) is 20.9 Å². The van der Waals surface area contributed by atoms with Crippen molar-refractivity contribution in [3.63, 3.8) is 0 Å². The highest BCUT2D eigenvalue weighted by atomic mass is 35.5. The van der Waals surface area contributed by atoms with E-state index < -0.39 is 0 Å². The van der Waals surface area contributed by atoms with Gasteiger partial charge in [0.15, 0.2) is 18.1 Å². The van der Waals surface area contributed by atoms with Crippen LogP contribution in [0.4, 0.5) is 0 Å². The van der Waals surface area contributed by atoms with Crippen molar-refractivity contribution in [1.29, 1.82) is 0 Å². The Morgan fingerprint density at radius 2 is 1.93 bits per heavy atom. The Hall–Kier alpha value is -2.03. The Morgan fingerprint density at radius 1 is 1.21 bits per heavy atom. The molecule has 0 atom stereocenters. The molecule has 1 aliphatic rings. The molecule has 1 aromatic carbocycles. The number of hydrogen-bond donors (Lipinski definition) is 3. The number of amides is 2. The molecule has 1 fully saturated rings. The minimum absolute atomic E-state index is 0. The zero-order chi connectivity index (χ0) is 20.4. The van der Waals surface area contributed by atoms with Gasteiger partial charge in [-0.1, -0.05) is 0 Å². The van der Waals surface area contributed by atoms with Gasteiger partial charge >= 0.3 is 0 Å². The van der Waals surface area contributed by atoms with Gasteiger partial charge < -0.3 is 30.3 Å². The molecule has 0 bridgehead atoms. The quantitative estimate of drug-likeness (QED) is 0.482. The summed E-state index contributed by atoms with van der Waals surface area (Å²) >= 11 is 0. The van der Waals surface area contributed by atoms with E-state index in [4.69, 9.17) is 9.47 Å². The summed E-state index contributed by atoms with van der Waals surface area (Å²) in [5, 5.41) is 9.02. The number of hydrogen-bond acceptors (Lipinski definition) is 6. The lowest BCUT2D eigenvalue weighted by atomic mass is 10.2. The minimum Gasteiger partial charge on any atom is -0.493 e. The van der Waals surface area contributed by atoms with Gasteiger partial charge in [0, 0.05) is 44.3 Å². The van der Waals surface area contributed by atoms with E-state index in [1.165, 1.54) is 7.11 Å². The third kappa shape index (κ3) is 8.89. The van der Waals surface area contributed by atoms with Crippen molar-refractivity contribution in [2.24, 2.45) is 0 Å². The summed E-state index contributed by atoms with van der Waals surface area (Å²) in [6, 6.07) is 5.00. The van der Waals surface area contributed by atoms with E-state index in [1.54, 1.807) is 18.2 Å². The second-order valence-electron chi connectivity index (χ2n) is 7.08. The number of carbonyl (C=O) groups is 2. The van der Waals surface area contributed by atoms with E-state index in [0.717, 1.165) is 39.1 Å². The Balaban J connectivity index is 0.00000420. The van der Waals surface area contributed by atoms with Crippen molar-refractivity contribution in [3.8, 4) is 11.5 Å². The predicted octanol–water partition coefficient (Wildman–Crippen LogP) is 1.05. The van der Waals surface area contributed by atoms with E-state index in [-0.39, 0.29) is 36.9 Å². The molecule has 8 nitrogen and oxygen atoms in total. The van der Waals surface area contributed by atoms with Crippen LogP contribution in [0.15, 0.2) is 18.2 Å². The highest BCUT2D eigenvalue weighted by Crippen LogP contribution is 2.28. The molecule has 164 valence electrons. The topological polar surface area (TPSA) is 91.9 Å². The van der Waals surface area contributed by atoms with E-state index >= 15 is 0 Å². The van der Waals surface area contributed by atoms with Crippen molar-refractivity contribution < 1.29 is 19.1 Å². The SMILES string of the molecule is COc1cc(C(=O)NCCCN2CCNCC2)ccc1OCC(=O)NC(C)C.Cl. The van der Waals surface area contributed by atoms with Crippen LogP contribution in [0.1, 0.15) is 30.6 Å². The van der Waals surface area contributed by atoms with Gasteiger partial charge in [0.05, 0.1) is 7.11 Å². The van der Waals surface area contributed by atoms with Crippen molar-refractivity contribution in [2.75, 3.05) is 53.0 Å². The number of benzene rings is 1. The lowest BCUT2D eigenvalue weighted by Gasteiger charge is -2.27. The fourth-order valence-electron chi connectivity index (χ4n) is 2.98. The Kier molecular flexibility index (Phi) is 11.4. The molecular formula is C20H33ClN4O4. The molecular weight excluding hydrogens is 396 g/mol. The molecule has 3 N–H and O–H groups in total. The molecule has 2 amide bonds. The number of ether oxygens (including phenoxy) is 2. The van der Waals surface area contributed by atoms with Crippen LogP contribution in [0.25, 0.3) is 0 Å². The van der Waals surface area contributed by atoms with Crippen LogP contribution >= 0.6 is 12.4 Å². The van der Waals surface area contributed by atoms with Gasteiger partial charge in [-0.25, -0.2) is 0 Å². The first-order valence-corrected chi connectivity index (χ1v) is 9.81. The highest BCUT2D eigenvalue weighted by molar-refractivity contribution is 5.94. The molecule has 1 aromatic rings. The fourth-order valence-corrected chi connectivity index (χ4v) is 2.98. The second kappa shape index (κ2) is 13.2. The molecule has 1 saturated heterocycles. The maximum absolute atomic E-state index is 12.4. The molecule has 1 heterocycles. The predicted molar refractivity (Wildman–Crippen MR) is 115 cm³/mol. The normalized spacial score (nSPS) is 14.1. The molecule has 0 aromatic heterocycles. The monoisotopic (exact) mass is 428 g/mol. The first-order chi connectivity index (χ1) is 13.5. The van der Waals surface area contributed by atoms with Crippen LogP contribution in [0.2, 0.25) is 0 Å². The smallest absolute Gasteiger partial charge is 0.258 e. The average molecular weight is 429 g/mol. The zero-order valence-corrected chi connectivity index (χ0v) is 18.3. The number of halogens is 1. The summed E-state index contributed by atoms with van der Waals surface area (Å²) in [5.41, 5.74) is 0.498. The Bertz CT molecular complexity index is 651. The lowest BCUT2D eigenvalue weighted by molar-refractivity contribution is -0.123. The molecule has 0 spiro atoms. The molecule has 0 unspecified atom stereocenters. The van der Waals surface area contributed by atoms with Crippen LogP contribution in [-0.2, 0) is 4.79 Å². The molecule has 0 saturated carbocycles.